The SMILES string of the molecule is CNC1CN2CC3(CCCc4cc(Cl)ccc43)COc3ccc(cc32)C(=O)NS(=O)CCOC/C=C/C1C. The Labute approximate surface area is 232 Å². The minimum absolute atomic E-state index is 0.153. The molecule has 2 heterocycles. The molecule has 1 amide bonds. The van der Waals surface area contributed by atoms with Crippen molar-refractivity contribution in [1.29, 1.82) is 0 Å². The third-order valence-electron chi connectivity index (χ3n) is 8.00. The van der Waals surface area contributed by atoms with Gasteiger partial charge in [0.05, 0.1) is 31.3 Å². The van der Waals surface area contributed by atoms with Crippen LogP contribution in [0.4, 0.5) is 5.69 Å². The Morgan fingerprint density at radius 3 is 2.95 bits per heavy atom. The number of anilines is 1. The Kier molecular flexibility index (Phi) is 8.43. The lowest BCUT2D eigenvalue weighted by molar-refractivity contribution is 0.0982. The summed E-state index contributed by atoms with van der Waals surface area (Å²) in [5.74, 6) is 0.861. The largest absolute Gasteiger partial charge is 0.490 e. The maximum absolute atomic E-state index is 13.0. The Hall–Kier alpha value is -2.39. The molecule has 0 radical (unpaired) electrons. The van der Waals surface area contributed by atoms with Crippen molar-refractivity contribution in [3.63, 3.8) is 0 Å². The molecule has 2 aromatic rings. The molecule has 3 aliphatic rings. The van der Waals surface area contributed by atoms with Crippen molar-refractivity contribution >= 4 is 34.2 Å². The van der Waals surface area contributed by atoms with Crippen LogP contribution in [0.3, 0.4) is 0 Å². The van der Waals surface area contributed by atoms with Gasteiger partial charge in [0.15, 0.2) is 0 Å². The minimum Gasteiger partial charge on any atom is -0.490 e. The molecule has 4 unspecified atom stereocenters. The molecule has 1 aliphatic carbocycles. The van der Waals surface area contributed by atoms with E-state index in [0.29, 0.717) is 25.4 Å². The lowest BCUT2D eigenvalue weighted by Crippen LogP contribution is -2.50. The average molecular weight is 558 g/mol. The van der Waals surface area contributed by atoms with E-state index in [9.17, 15) is 9.00 Å². The van der Waals surface area contributed by atoms with Gasteiger partial charge in [-0.25, -0.2) is 4.21 Å². The fourth-order valence-corrected chi connectivity index (χ4v) is 6.81. The van der Waals surface area contributed by atoms with E-state index < -0.39 is 11.0 Å². The predicted molar refractivity (Wildman–Crippen MR) is 153 cm³/mol. The summed E-state index contributed by atoms with van der Waals surface area (Å²) in [6, 6.07) is 11.9. The van der Waals surface area contributed by atoms with Crippen molar-refractivity contribution in [2.45, 2.75) is 37.6 Å². The third kappa shape index (κ3) is 5.78. The Balaban J connectivity index is 1.57. The fourth-order valence-electron chi connectivity index (χ4n) is 5.92. The summed E-state index contributed by atoms with van der Waals surface area (Å²) in [6.07, 6.45) is 7.27. The van der Waals surface area contributed by atoms with Crippen molar-refractivity contribution in [2.75, 3.05) is 50.6 Å². The zero-order chi connectivity index (χ0) is 26.7. The highest BCUT2D eigenvalue weighted by molar-refractivity contribution is 7.83. The van der Waals surface area contributed by atoms with Gasteiger partial charge in [-0.3, -0.25) is 9.52 Å². The first kappa shape index (κ1) is 27.2. The number of hydrogen-bond donors (Lipinski definition) is 2. The zero-order valence-electron chi connectivity index (χ0n) is 22.0. The molecule has 2 aromatic carbocycles. The number of nitrogens with one attached hydrogen (secondary N) is 2. The summed E-state index contributed by atoms with van der Waals surface area (Å²) in [5, 5.41) is 4.27. The molecule has 2 aliphatic heterocycles. The van der Waals surface area contributed by atoms with Crippen molar-refractivity contribution in [2.24, 2.45) is 5.92 Å². The van der Waals surface area contributed by atoms with Crippen LogP contribution in [0.2, 0.25) is 5.02 Å². The van der Waals surface area contributed by atoms with Gasteiger partial charge in [0.25, 0.3) is 5.91 Å². The second-order valence-electron chi connectivity index (χ2n) is 10.5. The van der Waals surface area contributed by atoms with Crippen molar-refractivity contribution in [1.82, 2.24) is 10.0 Å². The van der Waals surface area contributed by atoms with Gasteiger partial charge >= 0.3 is 0 Å². The van der Waals surface area contributed by atoms with Gasteiger partial charge in [-0.05, 0) is 73.7 Å². The van der Waals surface area contributed by atoms with Gasteiger partial charge in [-0.15, -0.1) is 0 Å². The molecule has 0 saturated carbocycles. The van der Waals surface area contributed by atoms with Crippen LogP contribution in [0.5, 0.6) is 5.75 Å². The number of likely N-dealkylation sites (N-methyl/N-ethyl adjacent to an activating group) is 1. The smallest absolute Gasteiger partial charge is 0.263 e. The summed E-state index contributed by atoms with van der Waals surface area (Å²) in [6.45, 7) is 4.97. The molecule has 4 atom stereocenters. The number of benzene rings is 2. The highest BCUT2D eigenvalue weighted by Crippen LogP contribution is 2.44. The Morgan fingerprint density at radius 1 is 1.24 bits per heavy atom. The van der Waals surface area contributed by atoms with Gasteiger partial charge in [0, 0.05) is 35.1 Å². The first-order valence-corrected chi connectivity index (χ1v) is 15.0. The normalized spacial score (nSPS) is 29.1. The number of nitrogens with zero attached hydrogens (tertiary/aromatic N) is 1. The van der Waals surface area contributed by atoms with E-state index in [0.717, 1.165) is 48.8 Å². The topological polar surface area (TPSA) is 79.9 Å². The number of amides is 1. The summed E-state index contributed by atoms with van der Waals surface area (Å²) in [7, 11) is 0.470. The molecule has 0 aromatic heterocycles. The lowest BCUT2D eigenvalue weighted by atomic mass is 9.70. The number of carbonyl (C=O) groups is 1. The van der Waals surface area contributed by atoms with E-state index >= 15 is 0 Å². The Morgan fingerprint density at radius 2 is 2.11 bits per heavy atom. The second-order valence-corrected chi connectivity index (χ2v) is 12.3. The van der Waals surface area contributed by atoms with Gasteiger partial charge in [0.2, 0.25) is 0 Å². The second kappa shape index (κ2) is 11.8. The van der Waals surface area contributed by atoms with Gasteiger partial charge in [-0.2, -0.15) is 0 Å². The molecule has 2 bridgehead atoms. The molecular weight excluding hydrogens is 522 g/mol. The summed E-state index contributed by atoms with van der Waals surface area (Å²) >= 11 is 6.37. The van der Waals surface area contributed by atoms with Crippen molar-refractivity contribution < 1.29 is 18.5 Å². The van der Waals surface area contributed by atoms with Gasteiger partial charge in [-0.1, -0.05) is 36.7 Å². The standard InChI is InChI=1S/C29H36ClN3O4S/c1-20-5-4-12-36-13-14-38(35)32-28(34)22-7-10-27-26(16-22)33(17-25(20)31-2)18-29(19-37-27)11-3-6-21-15-23(30)8-9-24(21)29/h4-5,7-10,15-16,20,25,31H,3,6,11-14,17-19H2,1-2H3,(H,32,34)/b5-4+. The van der Waals surface area contributed by atoms with E-state index in [1.165, 1.54) is 11.1 Å². The van der Waals surface area contributed by atoms with Crippen molar-refractivity contribution in [3.05, 3.63) is 70.3 Å². The highest BCUT2D eigenvalue weighted by Gasteiger charge is 2.42. The van der Waals surface area contributed by atoms with Crippen LogP contribution in [-0.2, 0) is 27.6 Å². The monoisotopic (exact) mass is 557 g/mol. The predicted octanol–water partition coefficient (Wildman–Crippen LogP) is 4.02. The molecule has 204 valence electrons. The summed E-state index contributed by atoms with van der Waals surface area (Å²) < 4.78 is 27.2. The molecular formula is C29H36ClN3O4S. The molecule has 1 spiro atoms. The zero-order valence-corrected chi connectivity index (χ0v) is 23.6. The molecule has 7 nitrogen and oxygen atoms in total. The van der Waals surface area contributed by atoms with Gasteiger partial charge in [0.1, 0.15) is 16.7 Å². The van der Waals surface area contributed by atoms with Crippen LogP contribution < -0.4 is 19.7 Å². The van der Waals surface area contributed by atoms with Crippen LogP contribution in [-0.4, -0.2) is 61.9 Å². The maximum Gasteiger partial charge on any atom is 0.263 e. The van der Waals surface area contributed by atoms with E-state index in [1.807, 2.05) is 31.3 Å². The Bertz CT molecular complexity index is 1240. The summed E-state index contributed by atoms with van der Waals surface area (Å²) in [4.78, 5) is 15.4. The highest BCUT2D eigenvalue weighted by atomic mass is 35.5. The molecule has 5 rings (SSSR count). The average Bonchev–Trinajstić information content (AvgIpc) is 3.05. The quantitative estimate of drug-likeness (QED) is 0.516. The first-order chi connectivity index (χ1) is 18.4. The van der Waals surface area contributed by atoms with Crippen LogP contribution in [0.15, 0.2) is 48.6 Å². The van der Waals surface area contributed by atoms with E-state index in [2.05, 4.69) is 40.1 Å². The minimum atomic E-state index is -1.52. The number of halogens is 1. The van der Waals surface area contributed by atoms with Gasteiger partial charge < -0.3 is 19.7 Å². The first-order valence-electron chi connectivity index (χ1n) is 13.3. The maximum atomic E-state index is 13.0. The van der Waals surface area contributed by atoms with E-state index in [4.69, 9.17) is 21.1 Å². The lowest BCUT2D eigenvalue weighted by Gasteiger charge is -2.42. The van der Waals surface area contributed by atoms with Crippen LogP contribution in [0.25, 0.3) is 0 Å². The molecule has 2 N–H and O–H groups in total. The number of carbonyl (C=O) groups excluding carboxylic acids is 1. The number of rotatable bonds is 1. The van der Waals surface area contributed by atoms with E-state index in [-0.39, 0.29) is 29.0 Å². The number of hydrogen-bond acceptors (Lipinski definition) is 6. The number of fused-ring (bicyclic) bond motifs is 3. The van der Waals surface area contributed by atoms with Crippen LogP contribution in [0.1, 0.15) is 41.3 Å². The fraction of sp³-hybridized carbons (Fsp3) is 0.483. The number of ether oxygens (including phenoxy) is 2. The van der Waals surface area contributed by atoms with Crippen molar-refractivity contribution in [3.8, 4) is 5.75 Å². The molecule has 0 fully saturated rings. The summed E-state index contributed by atoms with van der Waals surface area (Å²) in [5.41, 5.74) is 3.73. The van der Waals surface area contributed by atoms with E-state index in [1.54, 1.807) is 6.07 Å². The van der Waals surface area contributed by atoms with Crippen LogP contribution >= 0.6 is 11.6 Å². The third-order valence-corrected chi connectivity index (χ3v) is 9.18. The molecule has 0 saturated heterocycles. The molecule has 38 heavy (non-hydrogen) atoms. The van der Waals surface area contributed by atoms with Crippen LogP contribution in [0, 0.1) is 5.92 Å². The molecule has 9 heteroatoms. The number of aryl methyl sites for hydroxylation is 1.